The molecule has 2 rings (SSSR count). The van der Waals surface area contributed by atoms with Crippen LogP contribution in [0.15, 0.2) is 0 Å². The maximum atomic E-state index is 11.8. The second-order valence-electron chi connectivity index (χ2n) is 5.56. The minimum Gasteiger partial charge on any atom is -0.358 e. The van der Waals surface area contributed by atoms with Gasteiger partial charge in [0.25, 0.3) is 0 Å². The van der Waals surface area contributed by atoms with Crippen molar-refractivity contribution in [2.24, 2.45) is 5.92 Å². The Morgan fingerprint density at radius 1 is 1.16 bits per heavy atom. The third-order valence-electron chi connectivity index (χ3n) is 4.00. The fourth-order valence-corrected chi connectivity index (χ4v) is 3.90. The quantitative estimate of drug-likeness (QED) is 0.809. The van der Waals surface area contributed by atoms with E-state index in [-0.39, 0.29) is 5.91 Å². The highest BCUT2D eigenvalue weighted by Gasteiger charge is 2.17. The van der Waals surface area contributed by atoms with Gasteiger partial charge in [-0.3, -0.25) is 4.79 Å². The van der Waals surface area contributed by atoms with Crippen LogP contribution in [0.1, 0.15) is 44.9 Å². The Labute approximate surface area is 125 Å². The van der Waals surface area contributed by atoms with E-state index >= 15 is 0 Å². The molecule has 108 valence electrons. The predicted octanol–water partition coefficient (Wildman–Crippen LogP) is 2.80. The van der Waals surface area contributed by atoms with Crippen molar-refractivity contribution in [1.29, 1.82) is 0 Å². The Kier molecular flexibility index (Phi) is 6.44. The SMILES string of the molecule is O=C(CSC(=S)N1CCCC1)NCC1CCCCC1. The zero-order chi connectivity index (χ0) is 13.5. The van der Waals surface area contributed by atoms with E-state index in [0.717, 1.165) is 24.0 Å². The van der Waals surface area contributed by atoms with Crippen molar-refractivity contribution in [3.63, 3.8) is 0 Å². The van der Waals surface area contributed by atoms with E-state index in [1.807, 2.05) is 0 Å². The van der Waals surface area contributed by atoms with Crippen LogP contribution in [0, 0.1) is 5.92 Å². The van der Waals surface area contributed by atoms with Crippen LogP contribution in [0.4, 0.5) is 0 Å². The summed E-state index contributed by atoms with van der Waals surface area (Å²) in [6.07, 6.45) is 9.04. The Balaban J connectivity index is 1.57. The van der Waals surface area contributed by atoms with Crippen molar-refractivity contribution in [1.82, 2.24) is 10.2 Å². The molecule has 0 atom stereocenters. The van der Waals surface area contributed by atoms with Gasteiger partial charge in [0.15, 0.2) is 0 Å². The highest BCUT2D eigenvalue weighted by Crippen LogP contribution is 2.22. The van der Waals surface area contributed by atoms with E-state index in [1.165, 1.54) is 56.7 Å². The molecule has 1 N–H and O–H groups in total. The van der Waals surface area contributed by atoms with Gasteiger partial charge in [-0.25, -0.2) is 0 Å². The predicted molar refractivity (Wildman–Crippen MR) is 85.4 cm³/mol. The van der Waals surface area contributed by atoms with E-state index in [0.29, 0.717) is 11.7 Å². The number of nitrogens with one attached hydrogen (secondary N) is 1. The molecule has 0 bridgehead atoms. The number of thiocarbonyl (C=S) groups is 1. The fourth-order valence-electron chi connectivity index (χ4n) is 2.82. The van der Waals surface area contributed by atoms with Gasteiger partial charge in [0.2, 0.25) is 5.91 Å². The lowest BCUT2D eigenvalue weighted by Crippen LogP contribution is -2.32. The maximum Gasteiger partial charge on any atom is 0.230 e. The molecule has 0 aromatic rings. The van der Waals surface area contributed by atoms with Crippen LogP contribution >= 0.6 is 24.0 Å². The Morgan fingerprint density at radius 2 is 1.84 bits per heavy atom. The van der Waals surface area contributed by atoms with Crippen LogP contribution in [0.2, 0.25) is 0 Å². The van der Waals surface area contributed by atoms with E-state index in [2.05, 4.69) is 10.2 Å². The average molecular weight is 300 g/mol. The summed E-state index contributed by atoms with van der Waals surface area (Å²) in [5.41, 5.74) is 0. The van der Waals surface area contributed by atoms with Crippen LogP contribution in [-0.2, 0) is 4.79 Å². The molecule has 19 heavy (non-hydrogen) atoms. The zero-order valence-corrected chi connectivity index (χ0v) is 13.2. The molecular weight excluding hydrogens is 276 g/mol. The number of thioether (sulfide) groups is 1. The van der Waals surface area contributed by atoms with Crippen molar-refractivity contribution in [2.75, 3.05) is 25.4 Å². The molecule has 1 saturated heterocycles. The minimum atomic E-state index is 0.136. The van der Waals surface area contributed by atoms with Gasteiger partial charge in [-0.05, 0) is 31.6 Å². The third-order valence-corrected chi connectivity index (χ3v) is 5.53. The highest BCUT2D eigenvalue weighted by molar-refractivity contribution is 8.23. The smallest absolute Gasteiger partial charge is 0.230 e. The minimum absolute atomic E-state index is 0.136. The molecule has 0 unspecified atom stereocenters. The summed E-state index contributed by atoms with van der Waals surface area (Å²) >= 11 is 6.86. The lowest BCUT2D eigenvalue weighted by atomic mass is 9.89. The number of rotatable bonds is 4. The number of carbonyl (C=O) groups excluding carboxylic acids is 1. The molecular formula is C14H24N2OS2. The van der Waals surface area contributed by atoms with Gasteiger partial charge in [-0.1, -0.05) is 43.2 Å². The van der Waals surface area contributed by atoms with Crippen molar-refractivity contribution in [3.8, 4) is 0 Å². The van der Waals surface area contributed by atoms with Gasteiger partial charge in [0, 0.05) is 19.6 Å². The molecule has 0 radical (unpaired) electrons. The second kappa shape index (κ2) is 8.10. The number of hydrogen-bond donors (Lipinski definition) is 1. The number of carbonyl (C=O) groups is 1. The lowest BCUT2D eigenvalue weighted by Gasteiger charge is -2.22. The highest BCUT2D eigenvalue weighted by atomic mass is 32.2. The molecule has 0 aromatic carbocycles. The molecule has 5 heteroatoms. The second-order valence-corrected chi connectivity index (χ2v) is 7.17. The summed E-state index contributed by atoms with van der Waals surface area (Å²) in [4.78, 5) is 14.0. The first kappa shape index (κ1) is 15.1. The Bertz CT molecular complexity index is 311. The topological polar surface area (TPSA) is 32.3 Å². The number of likely N-dealkylation sites (tertiary alicyclic amines) is 1. The molecule has 1 saturated carbocycles. The van der Waals surface area contributed by atoms with Crippen molar-refractivity contribution in [2.45, 2.75) is 44.9 Å². The van der Waals surface area contributed by atoms with Crippen molar-refractivity contribution < 1.29 is 4.79 Å². The van der Waals surface area contributed by atoms with Crippen LogP contribution in [-0.4, -0.2) is 40.5 Å². The van der Waals surface area contributed by atoms with Gasteiger partial charge in [-0.15, -0.1) is 0 Å². The van der Waals surface area contributed by atoms with E-state index < -0.39 is 0 Å². The standard InChI is InChI=1S/C14H24N2OS2/c17-13(15-10-12-6-2-1-3-7-12)11-19-14(18)16-8-4-5-9-16/h12H,1-11H2,(H,15,17). The normalized spacial score (nSPS) is 20.5. The third kappa shape index (κ3) is 5.30. The summed E-state index contributed by atoms with van der Waals surface area (Å²) < 4.78 is 0.894. The number of amides is 1. The van der Waals surface area contributed by atoms with Crippen LogP contribution in [0.5, 0.6) is 0 Å². The van der Waals surface area contributed by atoms with E-state index in [1.54, 1.807) is 0 Å². The van der Waals surface area contributed by atoms with E-state index in [9.17, 15) is 4.79 Å². The largest absolute Gasteiger partial charge is 0.358 e. The summed E-state index contributed by atoms with van der Waals surface area (Å²) in [7, 11) is 0. The summed E-state index contributed by atoms with van der Waals surface area (Å²) in [5.74, 6) is 1.31. The maximum absolute atomic E-state index is 11.8. The van der Waals surface area contributed by atoms with Gasteiger partial charge in [0.1, 0.15) is 4.32 Å². The zero-order valence-electron chi connectivity index (χ0n) is 11.5. The van der Waals surface area contributed by atoms with Crippen LogP contribution in [0.25, 0.3) is 0 Å². The molecule has 2 fully saturated rings. The molecule has 2 aliphatic rings. The number of hydrogen-bond acceptors (Lipinski definition) is 3. The summed E-state index contributed by atoms with van der Waals surface area (Å²) in [6, 6.07) is 0. The Hall–Kier alpha value is -0.290. The molecule has 0 spiro atoms. The molecule has 3 nitrogen and oxygen atoms in total. The Morgan fingerprint density at radius 3 is 2.53 bits per heavy atom. The van der Waals surface area contributed by atoms with Crippen molar-refractivity contribution >= 4 is 34.2 Å². The van der Waals surface area contributed by atoms with Gasteiger partial charge < -0.3 is 10.2 Å². The summed E-state index contributed by atoms with van der Waals surface area (Å²) in [5, 5.41) is 3.06. The monoisotopic (exact) mass is 300 g/mol. The van der Waals surface area contributed by atoms with Gasteiger partial charge >= 0.3 is 0 Å². The van der Waals surface area contributed by atoms with E-state index in [4.69, 9.17) is 12.2 Å². The number of nitrogens with zero attached hydrogens (tertiary/aromatic N) is 1. The first-order chi connectivity index (χ1) is 9.25. The van der Waals surface area contributed by atoms with Crippen molar-refractivity contribution in [3.05, 3.63) is 0 Å². The molecule has 1 aliphatic heterocycles. The van der Waals surface area contributed by atoms with Gasteiger partial charge in [0.05, 0.1) is 5.75 Å². The molecule has 1 amide bonds. The lowest BCUT2D eigenvalue weighted by molar-refractivity contribution is -0.118. The molecule has 0 aromatic heterocycles. The fraction of sp³-hybridized carbons (Fsp3) is 0.857. The van der Waals surface area contributed by atoms with Gasteiger partial charge in [-0.2, -0.15) is 0 Å². The molecule has 1 heterocycles. The first-order valence-corrected chi connectivity index (χ1v) is 8.83. The van der Waals surface area contributed by atoms with Crippen LogP contribution in [0.3, 0.4) is 0 Å². The molecule has 1 aliphatic carbocycles. The van der Waals surface area contributed by atoms with Crippen LogP contribution < -0.4 is 5.32 Å². The summed E-state index contributed by atoms with van der Waals surface area (Å²) in [6.45, 7) is 2.99. The first-order valence-electron chi connectivity index (χ1n) is 7.44. The average Bonchev–Trinajstić information content (AvgIpc) is 2.98.